The standard InChI is InChI=1S/C17H17N5O3S/c1-2-12-9-15(23)21-16(18-12)26-17(19-21)20(13-7-8-13)10-11-5-3-4-6-14(11)22(24)25/h3-6,9,13H,2,7-8,10H2,1H3. The summed E-state index contributed by atoms with van der Waals surface area (Å²) in [5.41, 5.74) is 1.28. The van der Waals surface area contributed by atoms with Gasteiger partial charge in [-0.2, -0.15) is 4.52 Å². The van der Waals surface area contributed by atoms with Crippen molar-refractivity contribution in [2.45, 2.75) is 38.8 Å². The first-order chi connectivity index (χ1) is 12.6. The molecule has 1 aromatic carbocycles. The van der Waals surface area contributed by atoms with Gasteiger partial charge in [-0.1, -0.05) is 36.5 Å². The van der Waals surface area contributed by atoms with Crippen molar-refractivity contribution >= 4 is 27.1 Å². The molecule has 0 atom stereocenters. The van der Waals surface area contributed by atoms with E-state index in [4.69, 9.17) is 0 Å². The molecule has 1 fully saturated rings. The van der Waals surface area contributed by atoms with Crippen LogP contribution in [0.1, 0.15) is 31.0 Å². The molecule has 0 saturated heterocycles. The van der Waals surface area contributed by atoms with Crippen LogP contribution >= 0.6 is 11.3 Å². The molecule has 0 aliphatic heterocycles. The van der Waals surface area contributed by atoms with Crippen molar-refractivity contribution in [3.8, 4) is 0 Å². The predicted octanol–water partition coefficient (Wildman–Crippen LogP) is 2.79. The molecule has 134 valence electrons. The van der Waals surface area contributed by atoms with E-state index in [0.717, 1.165) is 18.5 Å². The molecular weight excluding hydrogens is 354 g/mol. The number of fused-ring (bicyclic) bond motifs is 1. The van der Waals surface area contributed by atoms with Crippen molar-refractivity contribution in [2.24, 2.45) is 0 Å². The molecule has 0 spiro atoms. The molecule has 2 aromatic heterocycles. The molecule has 26 heavy (non-hydrogen) atoms. The second kappa shape index (κ2) is 6.49. The molecule has 0 amide bonds. The van der Waals surface area contributed by atoms with Gasteiger partial charge in [0.2, 0.25) is 10.1 Å². The first-order valence-corrected chi connectivity index (χ1v) is 9.27. The van der Waals surface area contributed by atoms with Crippen LogP contribution in [0.25, 0.3) is 4.96 Å². The van der Waals surface area contributed by atoms with Gasteiger partial charge in [0.05, 0.1) is 11.5 Å². The fraction of sp³-hybridized carbons (Fsp3) is 0.353. The lowest BCUT2D eigenvalue weighted by molar-refractivity contribution is -0.385. The lowest BCUT2D eigenvalue weighted by atomic mass is 10.1. The fourth-order valence-corrected chi connectivity index (χ4v) is 3.89. The minimum atomic E-state index is -0.363. The van der Waals surface area contributed by atoms with E-state index in [9.17, 15) is 14.9 Å². The first kappa shape index (κ1) is 16.6. The van der Waals surface area contributed by atoms with Crippen LogP contribution in [-0.2, 0) is 13.0 Å². The van der Waals surface area contributed by atoms with Crippen molar-refractivity contribution in [2.75, 3.05) is 4.90 Å². The lowest BCUT2D eigenvalue weighted by Crippen LogP contribution is -2.26. The number of nitrogens with zero attached hydrogens (tertiary/aromatic N) is 5. The molecule has 8 nitrogen and oxygen atoms in total. The van der Waals surface area contributed by atoms with E-state index in [1.807, 2.05) is 11.8 Å². The van der Waals surface area contributed by atoms with Crippen LogP contribution in [0.15, 0.2) is 35.1 Å². The molecule has 0 unspecified atom stereocenters. The SMILES string of the molecule is CCc1cc(=O)n2nc(N(Cc3ccccc3[N+](=O)[O-])C3CC3)sc2n1. The van der Waals surface area contributed by atoms with Crippen LogP contribution in [0.3, 0.4) is 0 Å². The predicted molar refractivity (Wildman–Crippen MR) is 98.8 cm³/mol. The number of aromatic nitrogens is 3. The summed E-state index contributed by atoms with van der Waals surface area (Å²) in [6, 6.07) is 8.53. The fourth-order valence-electron chi connectivity index (χ4n) is 2.89. The summed E-state index contributed by atoms with van der Waals surface area (Å²) in [6.07, 6.45) is 2.71. The highest BCUT2D eigenvalue weighted by molar-refractivity contribution is 7.20. The Morgan fingerprint density at radius 1 is 1.38 bits per heavy atom. The van der Waals surface area contributed by atoms with Crippen LogP contribution in [0.5, 0.6) is 0 Å². The second-order valence-electron chi connectivity index (χ2n) is 6.26. The van der Waals surface area contributed by atoms with E-state index in [-0.39, 0.29) is 22.2 Å². The average molecular weight is 371 g/mol. The van der Waals surface area contributed by atoms with Gasteiger partial charge in [0.25, 0.3) is 11.2 Å². The number of anilines is 1. The van der Waals surface area contributed by atoms with Crippen LogP contribution in [0.2, 0.25) is 0 Å². The highest BCUT2D eigenvalue weighted by Crippen LogP contribution is 2.36. The number of nitro benzene ring substituents is 1. The number of benzene rings is 1. The van der Waals surface area contributed by atoms with Gasteiger partial charge in [0.1, 0.15) is 0 Å². The number of rotatable bonds is 6. The molecule has 1 saturated carbocycles. The average Bonchev–Trinajstić information content (AvgIpc) is 3.38. The van der Waals surface area contributed by atoms with Crippen LogP contribution in [0.4, 0.5) is 10.8 Å². The summed E-state index contributed by atoms with van der Waals surface area (Å²) >= 11 is 1.35. The van der Waals surface area contributed by atoms with Crippen molar-refractivity contribution in [3.63, 3.8) is 0 Å². The number of hydrogen-bond acceptors (Lipinski definition) is 7. The summed E-state index contributed by atoms with van der Waals surface area (Å²) in [7, 11) is 0. The minimum absolute atomic E-state index is 0.0998. The van der Waals surface area contributed by atoms with Gasteiger partial charge in [-0.05, 0) is 19.3 Å². The van der Waals surface area contributed by atoms with Crippen molar-refractivity contribution in [3.05, 3.63) is 62.1 Å². The van der Waals surface area contributed by atoms with Crippen LogP contribution < -0.4 is 10.5 Å². The highest BCUT2D eigenvalue weighted by atomic mass is 32.1. The summed E-state index contributed by atoms with van der Waals surface area (Å²) < 4.78 is 1.31. The molecule has 4 rings (SSSR count). The van der Waals surface area contributed by atoms with Crippen LogP contribution in [-0.4, -0.2) is 25.6 Å². The normalized spacial score (nSPS) is 13.9. The lowest BCUT2D eigenvalue weighted by Gasteiger charge is -2.20. The molecule has 0 bridgehead atoms. The number of hydrogen-bond donors (Lipinski definition) is 0. The Hall–Kier alpha value is -2.81. The van der Waals surface area contributed by atoms with Gasteiger partial charge < -0.3 is 4.90 Å². The Bertz CT molecular complexity index is 1040. The maximum Gasteiger partial charge on any atom is 0.275 e. The monoisotopic (exact) mass is 371 g/mol. The number of aryl methyl sites for hydroxylation is 1. The van der Waals surface area contributed by atoms with Crippen molar-refractivity contribution in [1.82, 2.24) is 14.6 Å². The third-order valence-corrected chi connectivity index (χ3v) is 5.36. The molecule has 2 heterocycles. The molecule has 0 radical (unpaired) electrons. The van der Waals surface area contributed by atoms with Gasteiger partial charge in [-0.15, -0.1) is 5.10 Å². The Kier molecular flexibility index (Phi) is 4.15. The maximum atomic E-state index is 12.2. The summed E-state index contributed by atoms with van der Waals surface area (Å²) in [4.78, 5) is 30.3. The Morgan fingerprint density at radius 3 is 2.85 bits per heavy atom. The van der Waals surface area contributed by atoms with Gasteiger partial charge >= 0.3 is 0 Å². The summed E-state index contributed by atoms with van der Waals surface area (Å²) in [6.45, 7) is 2.34. The number of para-hydroxylation sites is 1. The smallest absolute Gasteiger partial charge is 0.275 e. The van der Waals surface area contributed by atoms with E-state index in [1.165, 1.54) is 28.0 Å². The van der Waals surface area contributed by atoms with E-state index >= 15 is 0 Å². The van der Waals surface area contributed by atoms with E-state index in [2.05, 4.69) is 10.1 Å². The molecule has 0 N–H and O–H groups in total. The zero-order valence-electron chi connectivity index (χ0n) is 14.2. The molecule has 1 aliphatic rings. The molecular formula is C17H17N5O3S. The second-order valence-corrected chi connectivity index (χ2v) is 7.20. The highest BCUT2D eigenvalue weighted by Gasteiger charge is 2.33. The zero-order chi connectivity index (χ0) is 18.3. The van der Waals surface area contributed by atoms with E-state index in [1.54, 1.807) is 18.2 Å². The van der Waals surface area contributed by atoms with E-state index < -0.39 is 0 Å². The third-order valence-electron chi connectivity index (χ3n) is 4.41. The quantitative estimate of drug-likeness (QED) is 0.488. The first-order valence-electron chi connectivity index (χ1n) is 8.45. The third kappa shape index (κ3) is 3.05. The Labute approximate surface area is 152 Å². The Morgan fingerprint density at radius 2 is 2.15 bits per heavy atom. The van der Waals surface area contributed by atoms with Crippen molar-refractivity contribution < 1.29 is 4.92 Å². The van der Waals surface area contributed by atoms with Gasteiger partial charge in [0.15, 0.2) is 0 Å². The minimum Gasteiger partial charge on any atom is -0.339 e. The number of nitro groups is 1. The van der Waals surface area contributed by atoms with E-state index in [0.29, 0.717) is 28.6 Å². The molecule has 3 aromatic rings. The summed E-state index contributed by atoms with van der Waals surface area (Å²) in [5.74, 6) is 0. The zero-order valence-corrected chi connectivity index (χ0v) is 15.0. The Balaban J connectivity index is 1.74. The summed E-state index contributed by atoms with van der Waals surface area (Å²) in [5, 5.41) is 16.4. The van der Waals surface area contributed by atoms with Gasteiger partial charge in [-0.3, -0.25) is 14.9 Å². The molecule has 1 aliphatic carbocycles. The van der Waals surface area contributed by atoms with Crippen LogP contribution in [0, 0.1) is 10.1 Å². The molecule has 9 heteroatoms. The van der Waals surface area contributed by atoms with Gasteiger partial charge in [0, 0.05) is 29.4 Å². The van der Waals surface area contributed by atoms with Gasteiger partial charge in [-0.25, -0.2) is 4.98 Å². The van der Waals surface area contributed by atoms with Crippen molar-refractivity contribution in [1.29, 1.82) is 0 Å². The maximum absolute atomic E-state index is 12.2. The topological polar surface area (TPSA) is 93.6 Å². The largest absolute Gasteiger partial charge is 0.339 e.